The zero-order chi connectivity index (χ0) is 14.6. The first kappa shape index (κ1) is 15.7. The van der Waals surface area contributed by atoms with E-state index in [1.807, 2.05) is 6.92 Å². The van der Waals surface area contributed by atoms with Crippen LogP contribution >= 0.6 is 11.6 Å². The van der Waals surface area contributed by atoms with E-state index >= 15 is 0 Å². The average Bonchev–Trinajstić information content (AvgIpc) is 2.31. The minimum absolute atomic E-state index is 0.0714. The summed E-state index contributed by atoms with van der Waals surface area (Å²) in [6.45, 7) is 6.57. The third-order valence-electron chi connectivity index (χ3n) is 2.89. The second-order valence-electron chi connectivity index (χ2n) is 5.08. The van der Waals surface area contributed by atoms with Crippen LogP contribution in [-0.4, -0.2) is 17.5 Å². The fourth-order valence-electron chi connectivity index (χ4n) is 1.96. The van der Waals surface area contributed by atoms with Crippen LogP contribution in [0.2, 0.25) is 5.02 Å². The van der Waals surface area contributed by atoms with E-state index in [1.54, 1.807) is 6.07 Å². The summed E-state index contributed by atoms with van der Waals surface area (Å²) in [6, 6.07) is 3.21. The van der Waals surface area contributed by atoms with Crippen LogP contribution < -0.4 is 11.1 Å². The molecular formula is C13H20ClN3O2. The number of hydrogen-bond donors (Lipinski definition) is 2. The van der Waals surface area contributed by atoms with Crippen LogP contribution in [0.3, 0.4) is 0 Å². The van der Waals surface area contributed by atoms with Crippen molar-refractivity contribution in [1.29, 1.82) is 0 Å². The Morgan fingerprint density at radius 3 is 2.58 bits per heavy atom. The van der Waals surface area contributed by atoms with Crippen molar-refractivity contribution in [1.82, 2.24) is 0 Å². The summed E-state index contributed by atoms with van der Waals surface area (Å²) >= 11 is 5.92. The molecule has 1 rings (SSSR count). The maximum absolute atomic E-state index is 10.8. The van der Waals surface area contributed by atoms with Gasteiger partial charge in [0.1, 0.15) is 5.02 Å². The molecule has 3 N–H and O–H groups in total. The van der Waals surface area contributed by atoms with E-state index < -0.39 is 4.92 Å². The molecule has 0 aromatic heterocycles. The number of nitrogens with two attached hydrogens (primary N) is 1. The number of aryl methyl sites for hydroxylation is 1. The lowest BCUT2D eigenvalue weighted by Crippen LogP contribution is -2.30. The van der Waals surface area contributed by atoms with Crippen LogP contribution in [0.25, 0.3) is 0 Å². The van der Waals surface area contributed by atoms with Gasteiger partial charge in [-0.2, -0.15) is 0 Å². The summed E-state index contributed by atoms with van der Waals surface area (Å²) in [4.78, 5) is 10.3. The highest BCUT2D eigenvalue weighted by molar-refractivity contribution is 6.33. The molecule has 1 unspecified atom stereocenters. The van der Waals surface area contributed by atoms with Crippen molar-refractivity contribution in [3.63, 3.8) is 0 Å². The Morgan fingerprint density at radius 2 is 2.11 bits per heavy atom. The molecule has 1 aromatic carbocycles. The second-order valence-corrected chi connectivity index (χ2v) is 5.49. The fourth-order valence-corrected chi connectivity index (χ4v) is 2.20. The third kappa shape index (κ3) is 4.36. The molecule has 0 heterocycles. The highest BCUT2D eigenvalue weighted by atomic mass is 35.5. The Kier molecular flexibility index (Phi) is 5.57. The van der Waals surface area contributed by atoms with Gasteiger partial charge in [0.05, 0.1) is 4.92 Å². The molecule has 1 atom stereocenters. The van der Waals surface area contributed by atoms with E-state index in [0.29, 0.717) is 12.5 Å². The van der Waals surface area contributed by atoms with Gasteiger partial charge in [-0.15, -0.1) is 0 Å². The van der Waals surface area contributed by atoms with Gasteiger partial charge in [0.15, 0.2) is 0 Å². The summed E-state index contributed by atoms with van der Waals surface area (Å²) in [5.74, 6) is 0.523. The Balaban J connectivity index is 2.95. The minimum atomic E-state index is -0.479. The maximum Gasteiger partial charge on any atom is 0.288 e. The van der Waals surface area contributed by atoms with Gasteiger partial charge in [0, 0.05) is 24.3 Å². The number of rotatable bonds is 6. The van der Waals surface area contributed by atoms with E-state index in [0.717, 1.165) is 17.7 Å². The van der Waals surface area contributed by atoms with Crippen molar-refractivity contribution in [3.8, 4) is 0 Å². The molecule has 0 spiro atoms. The Bertz CT molecular complexity index is 463. The van der Waals surface area contributed by atoms with Crippen molar-refractivity contribution in [2.75, 3.05) is 11.9 Å². The predicted octanol–water partition coefficient (Wildman–Crippen LogP) is 3.34. The van der Waals surface area contributed by atoms with Gasteiger partial charge in [0.25, 0.3) is 5.69 Å². The third-order valence-corrected chi connectivity index (χ3v) is 3.19. The zero-order valence-electron chi connectivity index (χ0n) is 11.4. The number of benzene rings is 1. The number of nitro groups is 1. The number of nitro benzene ring substituents is 1. The summed E-state index contributed by atoms with van der Waals surface area (Å²) in [6.07, 6.45) is 0.935. The van der Waals surface area contributed by atoms with E-state index in [2.05, 4.69) is 19.2 Å². The molecule has 0 saturated carbocycles. The van der Waals surface area contributed by atoms with Crippen molar-refractivity contribution >= 4 is 23.0 Å². The molecule has 6 heteroatoms. The minimum Gasteiger partial charge on any atom is -0.381 e. The summed E-state index contributed by atoms with van der Waals surface area (Å²) < 4.78 is 0. The molecule has 0 radical (unpaired) electrons. The van der Waals surface area contributed by atoms with E-state index in [-0.39, 0.29) is 16.8 Å². The van der Waals surface area contributed by atoms with Crippen LogP contribution in [0, 0.1) is 23.0 Å². The predicted molar refractivity (Wildman–Crippen MR) is 78.8 cm³/mol. The van der Waals surface area contributed by atoms with E-state index in [4.69, 9.17) is 17.3 Å². The summed E-state index contributed by atoms with van der Waals surface area (Å²) in [5, 5.41) is 14.2. The lowest BCUT2D eigenvalue weighted by Gasteiger charge is -2.21. The van der Waals surface area contributed by atoms with Crippen molar-refractivity contribution in [3.05, 3.63) is 32.8 Å². The van der Waals surface area contributed by atoms with Gasteiger partial charge in [-0.05, 0) is 30.9 Å². The number of nitrogens with one attached hydrogen (secondary N) is 1. The molecule has 0 saturated heterocycles. The van der Waals surface area contributed by atoms with Gasteiger partial charge in [0.2, 0.25) is 0 Å². The number of nitrogens with zero attached hydrogens (tertiary/aromatic N) is 1. The Labute approximate surface area is 118 Å². The summed E-state index contributed by atoms with van der Waals surface area (Å²) in [7, 11) is 0. The maximum atomic E-state index is 10.8. The van der Waals surface area contributed by atoms with Crippen molar-refractivity contribution in [2.24, 2.45) is 11.7 Å². The SMILES string of the molecule is Cc1cc([N+](=O)[O-])c(Cl)cc1NC(CN)CC(C)C. The van der Waals surface area contributed by atoms with Gasteiger partial charge in [-0.25, -0.2) is 0 Å². The average molecular weight is 286 g/mol. The lowest BCUT2D eigenvalue weighted by molar-refractivity contribution is -0.384. The quantitative estimate of drug-likeness (QED) is 0.620. The molecule has 0 aliphatic heterocycles. The molecule has 5 nitrogen and oxygen atoms in total. The van der Waals surface area contributed by atoms with Gasteiger partial charge in [-0.1, -0.05) is 25.4 Å². The molecule has 0 bridgehead atoms. The fraction of sp³-hybridized carbons (Fsp3) is 0.538. The van der Waals surface area contributed by atoms with E-state index in [1.165, 1.54) is 6.07 Å². The molecular weight excluding hydrogens is 266 g/mol. The Hall–Kier alpha value is -1.33. The van der Waals surface area contributed by atoms with Crippen LogP contribution in [0.5, 0.6) is 0 Å². The second kappa shape index (κ2) is 6.73. The first-order valence-electron chi connectivity index (χ1n) is 6.26. The highest BCUT2D eigenvalue weighted by Crippen LogP contribution is 2.31. The van der Waals surface area contributed by atoms with Gasteiger partial charge >= 0.3 is 0 Å². The number of halogens is 1. The molecule has 0 aliphatic rings. The molecule has 1 aromatic rings. The van der Waals surface area contributed by atoms with Crippen LogP contribution in [0.15, 0.2) is 12.1 Å². The standard InChI is InChI=1S/C13H20ClN3O2/c1-8(2)4-10(7-15)16-12-6-11(14)13(17(18)19)5-9(12)3/h5-6,8,10,16H,4,7,15H2,1-3H3. The normalized spacial score (nSPS) is 12.5. The molecule has 0 fully saturated rings. The zero-order valence-corrected chi connectivity index (χ0v) is 12.2. The van der Waals surface area contributed by atoms with Gasteiger partial charge < -0.3 is 11.1 Å². The molecule has 0 aliphatic carbocycles. The molecule has 0 amide bonds. The Morgan fingerprint density at radius 1 is 1.47 bits per heavy atom. The van der Waals surface area contributed by atoms with Gasteiger partial charge in [-0.3, -0.25) is 10.1 Å². The van der Waals surface area contributed by atoms with Crippen LogP contribution in [0.4, 0.5) is 11.4 Å². The topological polar surface area (TPSA) is 81.2 Å². The van der Waals surface area contributed by atoms with Crippen molar-refractivity contribution < 1.29 is 4.92 Å². The largest absolute Gasteiger partial charge is 0.381 e. The molecule has 106 valence electrons. The monoisotopic (exact) mass is 285 g/mol. The van der Waals surface area contributed by atoms with Crippen LogP contribution in [0.1, 0.15) is 25.8 Å². The lowest BCUT2D eigenvalue weighted by atomic mass is 10.0. The highest BCUT2D eigenvalue weighted by Gasteiger charge is 2.17. The number of hydrogen-bond acceptors (Lipinski definition) is 4. The summed E-state index contributed by atoms with van der Waals surface area (Å²) in [5.41, 5.74) is 7.25. The first-order valence-corrected chi connectivity index (χ1v) is 6.64. The first-order chi connectivity index (χ1) is 8.85. The molecule has 19 heavy (non-hydrogen) atoms. The van der Waals surface area contributed by atoms with E-state index in [9.17, 15) is 10.1 Å². The van der Waals surface area contributed by atoms with Crippen molar-refractivity contribution in [2.45, 2.75) is 33.2 Å². The van der Waals surface area contributed by atoms with Crippen LogP contribution in [-0.2, 0) is 0 Å². The number of anilines is 1. The smallest absolute Gasteiger partial charge is 0.288 e.